The van der Waals surface area contributed by atoms with Gasteiger partial charge in [-0.1, -0.05) is 23.2 Å². The summed E-state index contributed by atoms with van der Waals surface area (Å²) in [5.74, 6) is -0.684. The Labute approximate surface area is 211 Å². The predicted molar refractivity (Wildman–Crippen MR) is 121 cm³/mol. The van der Waals surface area contributed by atoms with E-state index in [0.29, 0.717) is 12.5 Å². The molecule has 2 saturated carbocycles. The quantitative estimate of drug-likeness (QED) is 0.420. The smallest absolute Gasteiger partial charge is 0.406 e. The van der Waals surface area contributed by atoms with Crippen LogP contribution in [0.25, 0.3) is 5.69 Å². The van der Waals surface area contributed by atoms with E-state index in [-0.39, 0.29) is 45.6 Å². The van der Waals surface area contributed by atoms with Gasteiger partial charge in [-0.3, -0.25) is 4.79 Å². The highest BCUT2D eigenvalue weighted by atomic mass is 35.5. The number of carbonyl (C=O) groups is 1. The molecule has 0 bridgehead atoms. The lowest BCUT2D eigenvalue weighted by Crippen LogP contribution is -2.26. The average Bonchev–Trinajstić information content (AvgIpc) is 3.55. The third kappa shape index (κ3) is 4.71. The predicted octanol–water partition coefficient (Wildman–Crippen LogP) is 5.46. The Balaban J connectivity index is 1.89. The lowest BCUT2D eigenvalue weighted by atomic mass is 9.91. The normalized spacial score (nSPS) is 21.1. The van der Waals surface area contributed by atoms with Crippen molar-refractivity contribution in [3.8, 4) is 17.5 Å². The van der Waals surface area contributed by atoms with Gasteiger partial charge in [-0.05, 0) is 25.2 Å². The van der Waals surface area contributed by atoms with Crippen LogP contribution in [0.4, 0.5) is 19.0 Å². The van der Waals surface area contributed by atoms with E-state index >= 15 is 0 Å². The van der Waals surface area contributed by atoms with E-state index in [0.717, 1.165) is 25.0 Å². The summed E-state index contributed by atoms with van der Waals surface area (Å²) in [6.07, 6.45) is -3.08. The van der Waals surface area contributed by atoms with Gasteiger partial charge in [-0.15, -0.1) is 36.4 Å². The Bertz CT molecular complexity index is 1180. The minimum atomic E-state index is -4.95. The maximum absolute atomic E-state index is 12.7. The molecule has 1 unspecified atom stereocenters. The molecule has 182 valence electrons. The third-order valence-electron chi connectivity index (χ3n) is 5.74. The molecule has 0 saturated heterocycles. The van der Waals surface area contributed by atoms with Crippen molar-refractivity contribution >= 4 is 58.1 Å². The number of benzene rings is 1. The van der Waals surface area contributed by atoms with Crippen molar-refractivity contribution in [3.05, 3.63) is 33.4 Å². The fourth-order valence-electron chi connectivity index (χ4n) is 3.96. The Morgan fingerprint density at radius 3 is 2.35 bits per heavy atom. The molecule has 2 aliphatic carbocycles. The van der Waals surface area contributed by atoms with Crippen molar-refractivity contribution in [2.24, 2.45) is 11.7 Å². The molecule has 0 radical (unpaired) electrons. The van der Waals surface area contributed by atoms with Crippen LogP contribution in [0.2, 0.25) is 10.0 Å². The number of ether oxygens (including phenoxy) is 1. The number of carbonyl (C=O) groups excluding carboxylic acids is 1. The second kappa shape index (κ2) is 8.55. The van der Waals surface area contributed by atoms with Crippen LogP contribution in [0.1, 0.15) is 36.9 Å². The van der Waals surface area contributed by atoms with Gasteiger partial charge in [-0.25, -0.2) is 4.68 Å². The summed E-state index contributed by atoms with van der Waals surface area (Å²) in [6, 6.07) is 3.82. The van der Waals surface area contributed by atoms with Gasteiger partial charge in [0, 0.05) is 36.1 Å². The fraction of sp³-hybridized carbons (Fsp3) is 0.450. The van der Waals surface area contributed by atoms with Crippen LogP contribution in [0.5, 0.6) is 5.75 Å². The summed E-state index contributed by atoms with van der Waals surface area (Å²) < 4.78 is 41.7. The molecule has 2 aliphatic rings. The second-order valence-corrected chi connectivity index (χ2v) is 10.6. The Morgan fingerprint density at radius 1 is 1.32 bits per heavy atom. The van der Waals surface area contributed by atoms with Crippen LogP contribution in [-0.4, -0.2) is 32.9 Å². The summed E-state index contributed by atoms with van der Waals surface area (Å²) >= 11 is 25.4. The first kappa shape index (κ1) is 25.0. The number of alkyl halides is 5. The third-order valence-corrected chi connectivity index (χ3v) is 7.30. The summed E-state index contributed by atoms with van der Waals surface area (Å²) in [7, 11) is 0. The van der Waals surface area contributed by atoms with Crippen molar-refractivity contribution in [1.29, 1.82) is 5.26 Å². The molecule has 1 heterocycles. The first-order chi connectivity index (χ1) is 15.8. The number of nitrogens with zero attached hydrogens (tertiary/aromatic N) is 3. The molecule has 1 aromatic heterocycles. The summed E-state index contributed by atoms with van der Waals surface area (Å²) in [5, 5.41) is 16.9. The Hall–Kier alpha value is -2.06. The molecule has 4 rings (SSSR count). The largest absolute Gasteiger partial charge is 0.573 e. The van der Waals surface area contributed by atoms with E-state index in [1.165, 1.54) is 4.68 Å². The lowest BCUT2D eigenvalue weighted by Gasteiger charge is -2.20. The Kier molecular flexibility index (Phi) is 6.30. The first-order valence-corrected chi connectivity index (χ1v) is 11.5. The van der Waals surface area contributed by atoms with Crippen LogP contribution in [-0.2, 0) is 10.2 Å². The molecule has 2 aromatic rings. The molecule has 0 aliphatic heterocycles. The lowest BCUT2D eigenvalue weighted by molar-refractivity contribution is -0.274. The number of nitrogens with one attached hydrogen (secondary N) is 1. The SMILES string of the molecule is N#Cc1nn(-c2c(Cl)cc(OC(F)(F)F)cc2Cl)c(NCC2CC2)c1C1(CC(N)=O)CC1(Cl)Cl. The number of halogens is 7. The number of amides is 1. The minimum absolute atomic E-state index is 0.00326. The highest BCUT2D eigenvalue weighted by Gasteiger charge is 2.70. The van der Waals surface area contributed by atoms with Crippen molar-refractivity contribution in [1.82, 2.24) is 9.78 Å². The van der Waals surface area contributed by atoms with E-state index in [1.807, 2.05) is 6.07 Å². The van der Waals surface area contributed by atoms with Gasteiger partial charge >= 0.3 is 6.36 Å². The van der Waals surface area contributed by atoms with Crippen molar-refractivity contribution < 1.29 is 22.7 Å². The highest BCUT2D eigenvalue weighted by molar-refractivity contribution is 6.52. The van der Waals surface area contributed by atoms with E-state index in [1.54, 1.807) is 0 Å². The van der Waals surface area contributed by atoms with E-state index in [4.69, 9.17) is 52.1 Å². The Morgan fingerprint density at radius 2 is 1.91 bits per heavy atom. The van der Waals surface area contributed by atoms with Crippen molar-refractivity contribution in [2.75, 3.05) is 11.9 Å². The second-order valence-electron chi connectivity index (χ2n) is 8.31. The van der Waals surface area contributed by atoms with E-state index < -0.39 is 27.8 Å². The van der Waals surface area contributed by atoms with Gasteiger partial charge in [0.15, 0.2) is 5.69 Å². The minimum Gasteiger partial charge on any atom is -0.406 e. The topological polar surface area (TPSA) is 106 Å². The monoisotopic (exact) mass is 555 g/mol. The van der Waals surface area contributed by atoms with Crippen LogP contribution in [0, 0.1) is 17.2 Å². The first-order valence-electron chi connectivity index (χ1n) is 9.97. The van der Waals surface area contributed by atoms with Crippen LogP contribution in [0.3, 0.4) is 0 Å². The summed E-state index contributed by atoms with van der Waals surface area (Å²) in [4.78, 5) is 11.9. The molecule has 34 heavy (non-hydrogen) atoms. The number of aromatic nitrogens is 2. The van der Waals surface area contributed by atoms with Gasteiger partial charge < -0.3 is 15.8 Å². The zero-order valence-electron chi connectivity index (χ0n) is 17.1. The number of hydrogen-bond acceptors (Lipinski definition) is 5. The molecule has 1 atom stereocenters. The van der Waals surface area contributed by atoms with Crippen molar-refractivity contribution in [2.45, 2.75) is 41.8 Å². The number of hydrogen-bond donors (Lipinski definition) is 2. The van der Waals surface area contributed by atoms with Crippen LogP contribution >= 0.6 is 46.4 Å². The van der Waals surface area contributed by atoms with Gasteiger partial charge in [0.05, 0.1) is 10.0 Å². The number of nitriles is 1. The number of rotatable bonds is 8. The maximum Gasteiger partial charge on any atom is 0.573 e. The molecule has 7 nitrogen and oxygen atoms in total. The molecule has 1 amide bonds. The fourth-order valence-corrected chi connectivity index (χ4v) is 5.36. The van der Waals surface area contributed by atoms with Gasteiger partial charge in [-0.2, -0.15) is 10.4 Å². The zero-order chi connectivity index (χ0) is 25.1. The highest BCUT2D eigenvalue weighted by Crippen LogP contribution is 2.68. The molecule has 1 aromatic carbocycles. The number of anilines is 1. The molecule has 14 heteroatoms. The molecular formula is C20H16Cl4F3N5O2. The summed E-state index contributed by atoms with van der Waals surface area (Å²) in [6.45, 7) is 0.498. The zero-order valence-corrected chi connectivity index (χ0v) is 20.2. The van der Waals surface area contributed by atoms with Gasteiger partial charge in [0.25, 0.3) is 0 Å². The van der Waals surface area contributed by atoms with Crippen molar-refractivity contribution in [3.63, 3.8) is 0 Å². The number of primary amides is 1. The molecule has 2 fully saturated rings. The molecule has 0 spiro atoms. The summed E-state index contributed by atoms with van der Waals surface area (Å²) in [5.41, 5.74) is 4.41. The van der Waals surface area contributed by atoms with Gasteiger partial charge in [0.1, 0.15) is 27.7 Å². The maximum atomic E-state index is 12.7. The van der Waals surface area contributed by atoms with Crippen LogP contribution in [0.15, 0.2) is 12.1 Å². The standard InChI is InChI=1S/C20H16Cl4F3N5O2/c21-11-3-10(34-20(25,26)27)4-12(22)16(11)32-17(30-7-9-1-2-9)15(13(6-28)31-32)18(5-14(29)33)8-19(18,23)24/h3-4,9,30H,1-2,5,7-8H2,(H2,29,33). The molecule has 3 N–H and O–H groups in total. The van der Waals surface area contributed by atoms with Gasteiger partial charge in [0.2, 0.25) is 5.91 Å². The van der Waals surface area contributed by atoms with Crippen LogP contribution < -0.4 is 15.8 Å². The van der Waals surface area contributed by atoms with E-state index in [9.17, 15) is 23.2 Å². The van der Waals surface area contributed by atoms with E-state index in [2.05, 4.69) is 15.2 Å². The molecular weight excluding hydrogens is 541 g/mol. The average molecular weight is 557 g/mol. The number of nitrogens with two attached hydrogens (primary N) is 1.